The van der Waals surface area contributed by atoms with Crippen LogP contribution in [0.25, 0.3) is 0 Å². The van der Waals surface area contributed by atoms with Gasteiger partial charge in [0.15, 0.2) is 0 Å². The predicted molar refractivity (Wildman–Crippen MR) is 185 cm³/mol. The number of nitrogen functional groups attached to an aromatic ring is 1. The van der Waals surface area contributed by atoms with Crippen molar-refractivity contribution in [3.63, 3.8) is 0 Å². The Balaban J connectivity index is 1.10. The van der Waals surface area contributed by atoms with Crippen LogP contribution in [0, 0.1) is 18.3 Å². The number of anilines is 2. The molecule has 0 radical (unpaired) electrons. The molecule has 47 heavy (non-hydrogen) atoms. The maximum atomic E-state index is 14.1. The minimum atomic E-state index is -0.545. The molecule has 0 bridgehead atoms. The zero-order chi connectivity index (χ0) is 32.9. The summed E-state index contributed by atoms with van der Waals surface area (Å²) in [6, 6.07) is 11.9. The van der Waals surface area contributed by atoms with Gasteiger partial charge in [-0.3, -0.25) is 14.5 Å². The molecule has 6 rings (SSSR count). The van der Waals surface area contributed by atoms with Gasteiger partial charge >= 0.3 is 6.03 Å². The number of nitrogens with zero attached hydrogens (tertiary/aromatic N) is 4. The van der Waals surface area contributed by atoms with E-state index in [1.54, 1.807) is 12.1 Å². The second-order valence-electron chi connectivity index (χ2n) is 13.3. The maximum absolute atomic E-state index is 14.1. The normalized spacial score (nSPS) is 20.6. The highest BCUT2D eigenvalue weighted by molar-refractivity contribution is 6.33. The van der Waals surface area contributed by atoms with Gasteiger partial charge in [0.2, 0.25) is 11.8 Å². The van der Waals surface area contributed by atoms with Crippen LogP contribution in [-0.2, 0) is 22.4 Å². The minimum absolute atomic E-state index is 0.00278. The van der Waals surface area contributed by atoms with Crippen molar-refractivity contribution >= 4 is 40.8 Å². The summed E-state index contributed by atoms with van der Waals surface area (Å²) in [5.74, 6) is 2.01. The lowest BCUT2D eigenvalue weighted by molar-refractivity contribution is -0.143. The summed E-state index contributed by atoms with van der Waals surface area (Å²) < 4.78 is 0. The third kappa shape index (κ3) is 7.69. The smallest absolute Gasteiger partial charge is 0.322 e. The van der Waals surface area contributed by atoms with Gasteiger partial charge in [-0.05, 0) is 67.9 Å². The molecule has 2 aromatic rings. The quantitative estimate of drug-likeness (QED) is 0.310. The van der Waals surface area contributed by atoms with E-state index in [-0.39, 0.29) is 30.3 Å². The van der Waals surface area contributed by atoms with Gasteiger partial charge in [0.25, 0.3) is 0 Å². The fourth-order valence-electron chi connectivity index (χ4n) is 7.70. The van der Waals surface area contributed by atoms with Crippen LogP contribution in [0.3, 0.4) is 0 Å². The van der Waals surface area contributed by atoms with E-state index in [1.807, 2.05) is 32.9 Å². The molecule has 4 amide bonds. The highest BCUT2D eigenvalue weighted by atomic mass is 35.5. The zero-order valence-electron chi connectivity index (χ0n) is 27.1. The van der Waals surface area contributed by atoms with E-state index in [1.165, 1.54) is 0 Å². The van der Waals surface area contributed by atoms with Gasteiger partial charge in [-0.25, -0.2) is 4.79 Å². The number of benzene rings is 2. The lowest BCUT2D eigenvalue weighted by Crippen LogP contribution is -2.53. The largest absolute Gasteiger partial charge is 0.397 e. The first-order valence-corrected chi connectivity index (χ1v) is 17.4. The molecular formula is C36H46ClN7O3. The van der Waals surface area contributed by atoms with Crippen LogP contribution in [0.5, 0.6) is 0 Å². The van der Waals surface area contributed by atoms with Crippen molar-refractivity contribution in [3.05, 3.63) is 58.1 Å². The molecule has 4 aliphatic rings. The molecule has 0 aromatic heterocycles. The van der Waals surface area contributed by atoms with Crippen molar-refractivity contribution in [2.45, 2.75) is 57.0 Å². The zero-order valence-corrected chi connectivity index (χ0v) is 27.8. The van der Waals surface area contributed by atoms with Crippen LogP contribution in [-0.4, -0.2) is 108 Å². The van der Waals surface area contributed by atoms with Gasteiger partial charge in [0.05, 0.1) is 16.6 Å². The van der Waals surface area contributed by atoms with Gasteiger partial charge < -0.3 is 31.1 Å². The summed E-state index contributed by atoms with van der Waals surface area (Å²) in [5.41, 5.74) is 9.72. The number of nitrogens with one attached hydrogen (secondary N) is 2. The Morgan fingerprint density at radius 3 is 2.36 bits per heavy atom. The van der Waals surface area contributed by atoms with Crippen molar-refractivity contribution < 1.29 is 14.4 Å². The monoisotopic (exact) mass is 659 g/mol. The van der Waals surface area contributed by atoms with Crippen molar-refractivity contribution in [3.8, 4) is 12.3 Å². The number of hydrogen-bond acceptors (Lipinski definition) is 6. The average Bonchev–Trinajstić information content (AvgIpc) is 3.27. The summed E-state index contributed by atoms with van der Waals surface area (Å²) in [7, 11) is 0. The third-order valence-corrected chi connectivity index (χ3v) is 10.8. The first-order chi connectivity index (χ1) is 22.8. The van der Waals surface area contributed by atoms with E-state index in [4.69, 9.17) is 23.8 Å². The number of rotatable bonds is 7. The summed E-state index contributed by atoms with van der Waals surface area (Å²) in [6.07, 6.45) is 10.2. The van der Waals surface area contributed by atoms with E-state index < -0.39 is 5.92 Å². The maximum Gasteiger partial charge on any atom is 0.322 e. The molecule has 0 unspecified atom stereocenters. The molecule has 10 nitrogen and oxygen atoms in total. The fourth-order valence-corrected chi connectivity index (χ4v) is 7.95. The molecule has 2 aromatic carbocycles. The number of urea groups is 1. The van der Waals surface area contributed by atoms with Crippen molar-refractivity contribution in [1.82, 2.24) is 24.9 Å². The number of nitrogens with two attached hydrogens (primary N) is 1. The number of carbonyl (C=O) groups is 3. The highest BCUT2D eigenvalue weighted by Crippen LogP contribution is 2.29. The summed E-state index contributed by atoms with van der Waals surface area (Å²) in [6.45, 7) is 7.20. The molecule has 4 N–H and O–H groups in total. The molecule has 3 fully saturated rings. The molecule has 0 spiro atoms. The fraction of sp³-hybridized carbons (Fsp3) is 0.528. The lowest BCUT2D eigenvalue weighted by Gasteiger charge is -2.41. The number of piperidine rings is 2. The number of carbonyl (C=O) groups excluding carboxylic acids is 3. The number of hydrogen-bond donors (Lipinski definition) is 3. The number of terminal acetylenes is 1. The molecule has 0 aliphatic carbocycles. The van der Waals surface area contributed by atoms with Crippen LogP contribution < -0.4 is 16.4 Å². The predicted octanol–water partition coefficient (Wildman–Crippen LogP) is 3.43. The lowest BCUT2D eigenvalue weighted by atomic mass is 9.91. The number of piperazine rings is 1. The van der Waals surface area contributed by atoms with Gasteiger partial charge in [-0.15, -0.1) is 6.42 Å². The van der Waals surface area contributed by atoms with Crippen LogP contribution in [0.2, 0.25) is 5.02 Å². The van der Waals surface area contributed by atoms with E-state index in [0.717, 1.165) is 62.3 Å². The van der Waals surface area contributed by atoms with Crippen LogP contribution in [0.15, 0.2) is 36.4 Å². The Labute approximate surface area is 282 Å². The number of fused-ring (bicyclic) bond motifs is 1. The van der Waals surface area contributed by atoms with Crippen molar-refractivity contribution in [1.29, 1.82) is 0 Å². The molecular weight excluding hydrogens is 614 g/mol. The molecule has 11 heteroatoms. The first-order valence-electron chi connectivity index (χ1n) is 17.0. The van der Waals surface area contributed by atoms with E-state index >= 15 is 0 Å². The van der Waals surface area contributed by atoms with E-state index in [2.05, 4.69) is 27.5 Å². The average molecular weight is 660 g/mol. The number of likely N-dealkylation sites (tertiary alicyclic amines) is 2. The van der Waals surface area contributed by atoms with Gasteiger partial charge in [0.1, 0.15) is 0 Å². The number of halogens is 1. The number of amides is 4. The summed E-state index contributed by atoms with van der Waals surface area (Å²) >= 11 is 6.42. The SMILES string of the molecule is C#Cc1cc(C[C@@H](CC(=O)N2CCC(N3CCc4ccccc4NC3=O)CC2)C(=O)N2CCC(N3CCNCC3)CC2)cc(Cl)c1N. The highest BCUT2D eigenvalue weighted by Gasteiger charge is 2.35. The Kier molecular flexibility index (Phi) is 10.6. The van der Waals surface area contributed by atoms with Crippen LogP contribution in [0.1, 0.15) is 48.8 Å². The van der Waals surface area contributed by atoms with Gasteiger partial charge in [-0.2, -0.15) is 0 Å². The van der Waals surface area contributed by atoms with Crippen molar-refractivity contribution in [2.75, 3.05) is 70.0 Å². The number of para-hydroxylation sites is 1. The Morgan fingerprint density at radius 2 is 1.64 bits per heavy atom. The standard InChI is InChI=1S/C36H46ClN7O3/c1-2-26-21-25(23-31(37)34(26)38)22-28(35(46)43-16-8-29(9-17-43)41-19-12-39-13-20-41)24-33(45)42-14-10-30(11-15-42)44-18-7-27-5-3-4-6-32(27)40-36(44)47/h1,3-6,21,23,28-30,39H,7-20,22,24,38H2,(H,40,47)/t28-/m0/s1. The summed E-state index contributed by atoms with van der Waals surface area (Å²) in [4.78, 5) is 49.3. The van der Waals surface area contributed by atoms with Crippen LogP contribution >= 0.6 is 11.6 Å². The van der Waals surface area contributed by atoms with Gasteiger partial charge in [0, 0.05) is 88.7 Å². The Morgan fingerprint density at radius 1 is 0.957 bits per heavy atom. The Hall–Kier alpha value is -3.78. The second-order valence-corrected chi connectivity index (χ2v) is 13.7. The molecule has 250 valence electrons. The Bertz CT molecular complexity index is 1500. The van der Waals surface area contributed by atoms with E-state index in [9.17, 15) is 14.4 Å². The topological polar surface area (TPSA) is 114 Å². The molecule has 4 aliphatic heterocycles. The third-order valence-electron chi connectivity index (χ3n) is 10.4. The molecule has 1 atom stereocenters. The van der Waals surface area contributed by atoms with Crippen LogP contribution in [0.4, 0.5) is 16.2 Å². The molecule has 4 heterocycles. The minimum Gasteiger partial charge on any atom is -0.397 e. The summed E-state index contributed by atoms with van der Waals surface area (Å²) in [5, 5.41) is 6.83. The molecule has 0 saturated carbocycles. The van der Waals surface area contributed by atoms with Gasteiger partial charge in [-0.1, -0.05) is 35.7 Å². The van der Waals surface area contributed by atoms with Crippen molar-refractivity contribution in [2.24, 2.45) is 5.92 Å². The first kappa shape index (κ1) is 33.1. The second kappa shape index (κ2) is 15.0. The molecule has 3 saturated heterocycles. The van der Waals surface area contributed by atoms with E-state index in [0.29, 0.717) is 74.3 Å².